The maximum atomic E-state index is 4.22. The van der Waals surface area contributed by atoms with Crippen LogP contribution in [0.5, 0.6) is 0 Å². The van der Waals surface area contributed by atoms with Crippen molar-refractivity contribution in [3.05, 3.63) is 43.0 Å². The zero-order valence-corrected chi connectivity index (χ0v) is 8.71. The fourth-order valence-electron chi connectivity index (χ4n) is 1.63. The van der Waals surface area contributed by atoms with Crippen LogP contribution in [0.1, 0.15) is 0 Å². The van der Waals surface area contributed by atoms with Crippen molar-refractivity contribution in [1.29, 1.82) is 0 Å². The molecule has 2 rings (SSSR count). The molecule has 1 aromatic carbocycles. The van der Waals surface area contributed by atoms with Crippen molar-refractivity contribution in [3.63, 3.8) is 0 Å². The molecule has 1 aliphatic heterocycles. The Bertz CT molecular complexity index is 345. The zero-order chi connectivity index (χ0) is 10.5. The molecule has 1 aliphatic rings. The SMILES string of the molecule is C=CCN(c1ccccc1)N1C=NCC1. The third-order valence-electron chi connectivity index (χ3n) is 2.34. The first-order valence-corrected chi connectivity index (χ1v) is 5.12. The number of hydrogen-bond acceptors (Lipinski definition) is 3. The molecule has 0 bridgehead atoms. The fraction of sp³-hybridized carbons (Fsp3) is 0.250. The molecule has 0 atom stereocenters. The van der Waals surface area contributed by atoms with Crippen LogP contribution in [0.4, 0.5) is 5.69 Å². The summed E-state index contributed by atoms with van der Waals surface area (Å²) in [5.41, 5.74) is 1.17. The molecule has 0 saturated carbocycles. The van der Waals surface area contributed by atoms with Crippen molar-refractivity contribution < 1.29 is 0 Å². The van der Waals surface area contributed by atoms with E-state index in [1.165, 1.54) is 5.69 Å². The second-order valence-corrected chi connectivity index (χ2v) is 3.39. The first kappa shape index (κ1) is 9.77. The number of para-hydroxylation sites is 1. The maximum Gasteiger partial charge on any atom is 0.104 e. The number of anilines is 1. The molecule has 1 heterocycles. The second kappa shape index (κ2) is 4.64. The summed E-state index contributed by atoms with van der Waals surface area (Å²) in [6, 6.07) is 10.3. The Kier molecular flexibility index (Phi) is 3.02. The van der Waals surface area contributed by atoms with Gasteiger partial charge in [0.1, 0.15) is 6.34 Å². The summed E-state index contributed by atoms with van der Waals surface area (Å²) in [4.78, 5) is 4.22. The number of rotatable bonds is 4. The van der Waals surface area contributed by atoms with Crippen LogP contribution in [0.15, 0.2) is 48.0 Å². The summed E-state index contributed by atoms with van der Waals surface area (Å²) < 4.78 is 0. The highest BCUT2D eigenvalue weighted by Crippen LogP contribution is 2.16. The average Bonchev–Trinajstić information content (AvgIpc) is 2.80. The zero-order valence-electron chi connectivity index (χ0n) is 8.71. The largest absolute Gasteiger partial charge is 0.281 e. The van der Waals surface area contributed by atoms with E-state index in [1.807, 2.05) is 30.6 Å². The second-order valence-electron chi connectivity index (χ2n) is 3.39. The molecular formula is C12H15N3. The van der Waals surface area contributed by atoms with Crippen molar-refractivity contribution in [1.82, 2.24) is 5.01 Å². The summed E-state index contributed by atoms with van der Waals surface area (Å²) in [5, 5.41) is 4.29. The molecule has 0 spiro atoms. The Hall–Kier alpha value is -1.77. The molecule has 0 unspecified atom stereocenters. The topological polar surface area (TPSA) is 18.8 Å². The predicted octanol–water partition coefficient (Wildman–Crippen LogP) is 1.94. The molecule has 0 fully saturated rings. The number of nitrogens with zero attached hydrogens (tertiary/aromatic N) is 3. The van der Waals surface area contributed by atoms with Gasteiger partial charge in [0.25, 0.3) is 0 Å². The molecule has 78 valence electrons. The van der Waals surface area contributed by atoms with E-state index in [2.05, 4.69) is 33.7 Å². The highest BCUT2D eigenvalue weighted by Gasteiger charge is 2.14. The normalized spacial score (nSPS) is 14.3. The maximum absolute atomic E-state index is 4.22. The van der Waals surface area contributed by atoms with Crippen LogP contribution in [-0.2, 0) is 0 Å². The standard InChI is InChI=1S/C12H15N3/c1-2-9-15(14-10-8-13-11-14)12-6-4-3-5-7-12/h2-7,11H,1,8-10H2. The Morgan fingerprint density at radius 1 is 1.40 bits per heavy atom. The van der Waals surface area contributed by atoms with Crippen LogP contribution in [0.25, 0.3) is 0 Å². The monoisotopic (exact) mass is 201 g/mol. The first-order valence-electron chi connectivity index (χ1n) is 5.12. The van der Waals surface area contributed by atoms with Gasteiger partial charge in [0.2, 0.25) is 0 Å². The molecule has 0 N–H and O–H groups in total. The quantitative estimate of drug-likeness (QED) is 0.693. The molecule has 3 heteroatoms. The minimum Gasteiger partial charge on any atom is -0.281 e. The van der Waals surface area contributed by atoms with Gasteiger partial charge in [-0.25, -0.2) is 0 Å². The van der Waals surface area contributed by atoms with Crippen molar-refractivity contribution >= 4 is 12.0 Å². The number of hydrazine groups is 1. The Morgan fingerprint density at radius 2 is 2.20 bits per heavy atom. The highest BCUT2D eigenvalue weighted by atomic mass is 15.6. The lowest BCUT2D eigenvalue weighted by Gasteiger charge is -2.31. The third kappa shape index (κ3) is 2.18. The molecule has 0 aliphatic carbocycles. The molecule has 3 nitrogen and oxygen atoms in total. The van der Waals surface area contributed by atoms with E-state index in [0.29, 0.717) is 0 Å². The van der Waals surface area contributed by atoms with Gasteiger partial charge < -0.3 is 0 Å². The Balaban J connectivity index is 2.19. The molecule has 0 saturated heterocycles. The van der Waals surface area contributed by atoms with Gasteiger partial charge in [0.15, 0.2) is 0 Å². The third-order valence-corrected chi connectivity index (χ3v) is 2.34. The van der Waals surface area contributed by atoms with E-state index in [1.54, 1.807) is 0 Å². The van der Waals surface area contributed by atoms with Gasteiger partial charge in [-0.05, 0) is 12.1 Å². The minimum absolute atomic E-state index is 0.802. The molecular weight excluding hydrogens is 186 g/mol. The Morgan fingerprint density at radius 3 is 2.80 bits per heavy atom. The lowest BCUT2D eigenvalue weighted by atomic mass is 10.3. The summed E-state index contributed by atoms with van der Waals surface area (Å²) in [5.74, 6) is 0. The van der Waals surface area contributed by atoms with Crippen molar-refractivity contribution in [2.24, 2.45) is 4.99 Å². The van der Waals surface area contributed by atoms with Gasteiger partial charge in [-0.2, -0.15) is 0 Å². The van der Waals surface area contributed by atoms with Gasteiger partial charge in [0, 0.05) is 0 Å². The van der Waals surface area contributed by atoms with Gasteiger partial charge in [-0.1, -0.05) is 24.3 Å². The fourth-order valence-corrected chi connectivity index (χ4v) is 1.63. The first-order chi connectivity index (χ1) is 7.42. The molecule has 15 heavy (non-hydrogen) atoms. The van der Waals surface area contributed by atoms with Crippen molar-refractivity contribution in [2.75, 3.05) is 24.6 Å². The van der Waals surface area contributed by atoms with E-state index in [-0.39, 0.29) is 0 Å². The van der Waals surface area contributed by atoms with Crippen LogP contribution in [0.3, 0.4) is 0 Å². The summed E-state index contributed by atoms with van der Waals surface area (Å²) >= 11 is 0. The van der Waals surface area contributed by atoms with Gasteiger partial charge in [-0.3, -0.25) is 15.0 Å². The van der Waals surface area contributed by atoms with Crippen LogP contribution < -0.4 is 5.01 Å². The van der Waals surface area contributed by atoms with Crippen molar-refractivity contribution in [3.8, 4) is 0 Å². The van der Waals surface area contributed by atoms with E-state index in [4.69, 9.17) is 0 Å². The van der Waals surface area contributed by atoms with E-state index in [0.717, 1.165) is 19.6 Å². The molecule has 1 aromatic rings. The summed E-state index contributed by atoms with van der Waals surface area (Å²) in [6.07, 6.45) is 3.79. The summed E-state index contributed by atoms with van der Waals surface area (Å²) in [7, 11) is 0. The van der Waals surface area contributed by atoms with Crippen LogP contribution >= 0.6 is 0 Å². The van der Waals surface area contributed by atoms with E-state index >= 15 is 0 Å². The lowest BCUT2D eigenvalue weighted by molar-refractivity contribution is 0.441. The molecule has 0 amide bonds. The minimum atomic E-state index is 0.802. The molecule has 0 aromatic heterocycles. The number of aliphatic imine (C=N–C) groups is 1. The van der Waals surface area contributed by atoms with Crippen LogP contribution in [0.2, 0.25) is 0 Å². The van der Waals surface area contributed by atoms with Crippen LogP contribution in [-0.4, -0.2) is 31.0 Å². The Labute approximate surface area is 90.3 Å². The number of benzene rings is 1. The van der Waals surface area contributed by atoms with Crippen molar-refractivity contribution in [2.45, 2.75) is 0 Å². The van der Waals surface area contributed by atoms with E-state index in [9.17, 15) is 0 Å². The smallest absolute Gasteiger partial charge is 0.104 e. The van der Waals surface area contributed by atoms with Gasteiger partial charge >= 0.3 is 0 Å². The highest BCUT2D eigenvalue weighted by molar-refractivity contribution is 5.62. The van der Waals surface area contributed by atoms with E-state index < -0.39 is 0 Å². The average molecular weight is 201 g/mol. The summed E-state index contributed by atoms with van der Waals surface area (Å²) in [6.45, 7) is 6.41. The predicted molar refractivity (Wildman–Crippen MR) is 64.1 cm³/mol. The van der Waals surface area contributed by atoms with Crippen LogP contribution in [0, 0.1) is 0 Å². The molecule has 0 radical (unpaired) electrons. The van der Waals surface area contributed by atoms with Gasteiger partial charge in [0.05, 0.1) is 25.3 Å². The van der Waals surface area contributed by atoms with Gasteiger partial charge in [-0.15, -0.1) is 6.58 Å². The number of hydrogen-bond donors (Lipinski definition) is 0. The lowest BCUT2D eigenvalue weighted by Crippen LogP contribution is -2.41.